The second-order valence-electron chi connectivity index (χ2n) is 9.90. The van der Waals surface area contributed by atoms with E-state index in [-0.39, 0.29) is 0 Å². The molecule has 0 saturated heterocycles. The first kappa shape index (κ1) is 21.2. The Labute approximate surface area is 182 Å². The fraction of sp³-hybridized carbons (Fsp3) is 0.593. The summed E-state index contributed by atoms with van der Waals surface area (Å²) in [4.78, 5) is 4.34. The number of nitrogens with zero attached hydrogens (tertiary/aromatic N) is 1. The molecule has 0 amide bonds. The molecule has 162 valence electrons. The first-order valence-corrected chi connectivity index (χ1v) is 11.8. The smallest absolute Gasteiger partial charge is 0.213 e. The molecule has 1 aromatic heterocycles. The fourth-order valence-electron chi connectivity index (χ4n) is 6.05. The van der Waals surface area contributed by atoms with Crippen molar-refractivity contribution in [3.8, 4) is 11.6 Å². The lowest BCUT2D eigenvalue weighted by Crippen LogP contribution is -2.38. The van der Waals surface area contributed by atoms with Gasteiger partial charge in [0.2, 0.25) is 5.88 Å². The third kappa shape index (κ3) is 4.66. The molecule has 2 saturated carbocycles. The van der Waals surface area contributed by atoms with Crippen LogP contribution < -0.4 is 9.47 Å². The average molecular weight is 408 g/mol. The highest BCUT2D eigenvalue weighted by atomic mass is 16.5. The number of benzene rings is 1. The summed E-state index contributed by atoms with van der Waals surface area (Å²) < 4.78 is 11.2. The van der Waals surface area contributed by atoms with Crippen LogP contribution in [0.1, 0.15) is 64.4 Å². The van der Waals surface area contributed by atoms with Crippen molar-refractivity contribution < 1.29 is 9.47 Å². The van der Waals surface area contributed by atoms with Gasteiger partial charge in [-0.05, 0) is 79.2 Å². The Kier molecular flexibility index (Phi) is 6.65. The van der Waals surface area contributed by atoms with E-state index in [1.807, 2.05) is 12.1 Å². The van der Waals surface area contributed by atoms with Gasteiger partial charge in [-0.15, -0.1) is 0 Å². The van der Waals surface area contributed by atoms with E-state index in [4.69, 9.17) is 9.47 Å². The molecular formula is C27H37NO2. The zero-order valence-electron chi connectivity index (χ0n) is 19.0. The lowest BCUT2D eigenvalue weighted by molar-refractivity contribution is 0.0250. The molecule has 0 N–H and O–H groups in total. The summed E-state index contributed by atoms with van der Waals surface area (Å²) in [7, 11) is 1.66. The Balaban J connectivity index is 1.29. The van der Waals surface area contributed by atoms with Crippen LogP contribution in [0.25, 0.3) is 0 Å². The van der Waals surface area contributed by atoms with Crippen molar-refractivity contribution in [1.29, 1.82) is 0 Å². The second kappa shape index (κ2) is 9.41. The predicted octanol–water partition coefficient (Wildman–Crippen LogP) is 6.74. The van der Waals surface area contributed by atoms with E-state index in [1.54, 1.807) is 18.9 Å². The van der Waals surface area contributed by atoms with Gasteiger partial charge in [0.25, 0.3) is 0 Å². The highest BCUT2D eigenvalue weighted by molar-refractivity contribution is 5.23. The molecule has 0 bridgehead atoms. The number of rotatable bonds is 8. The molecule has 0 radical (unpaired) electrons. The summed E-state index contributed by atoms with van der Waals surface area (Å²) in [6.07, 6.45) is 8.47. The lowest BCUT2D eigenvalue weighted by Gasteiger charge is -2.40. The lowest BCUT2D eigenvalue weighted by atomic mass is 9.68. The van der Waals surface area contributed by atoms with E-state index in [0.717, 1.165) is 54.1 Å². The van der Waals surface area contributed by atoms with Crippen LogP contribution in [0, 0.1) is 29.6 Å². The topological polar surface area (TPSA) is 31.4 Å². The van der Waals surface area contributed by atoms with Gasteiger partial charge in [0, 0.05) is 6.07 Å². The first-order valence-electron chi connectivity index (χ1n) is 11.8. The summed E-state index contributed by atoms with van der Waals surface area (Å²) in [5.41, 5.74) is 1.55. The average Bonchev–Trinajstić information content (AvgIpc) is 3.15. The van der Waals surface area contributed by atoms with Gasteiger partial charge < -0.3 is 9.47 Å². The molecule has 1 aromatic carbocycles. The van der Waals surface area contributed by atoms with Crippen molar-refractivity contribution >= 4 is 0 Å². The monoisotopic (exact) mass is 407 g/mol. The Hall–Kier alpha value is -2.03. The van der Waals surface area contributed by atoms with Crippen LogP contribution in [0.3, 0.4) is 0 Å². The molecule has 2 aliphatic carbocycles. The molecule has 2 aliphatic rings. The molecule has 4 atom stereocenters. The Morgan fingerprint density at radius 3 is 2.40 bits per heavy atom. The number of ether oxygens (including phenoxy) is 2. The van der Waals surface area contributed by atoms with Crippen LogP contribution in [0.4, 0.5) is 0 Å². The van der Waals surface area contributed by atoms with E-state index in [0.29, 0.717) is 12.0 Å². The Morgan fingerprint density at radius 1 is 1.00 bits per heavy atom. The van der Waals surface area contributed by atoms with E-state index >= 15 is 0 Å². The number of pyridine rings is 1. The highest BCUT2D eigenvalue weighted by Crippen LogP contribution is 2.51. The van der Waals surface area contributed by atoms with E-state index in [9.17, 15) is 0 Å². The van der Waals surface area contributed by atoms with Crippen LogP contribution in [0.5, 0.6) is 11.6 Å². The second-order valence-corrected chi connectivity index (χ2v) is 9.90. The van der Waals surface area contributed by atoms with Gasteiger partial charge in [-0.3, -0.25) is 0 Å². The maximum Gasteiger partial charge on any atom is 0.213 e. The number of methoxy groups -OCH3 is 1. The maximum absolute atomic E-state index is 6.07. The van der Waals surface area contributed by atoms with Crippen LogP contribution in [-0.4, -0.2) is 18.2 Å². The van der Waals surface area contributed by atoms with Gasteiger partial charge in [0.15, 0.2) is 0 Å². The fourth-order valence-corrected chi connectivity index (χ4v) is 6.05. The molecule has 0 spiro atoms. The van der Waals surface area contributed by atoms with Crippen LogP contribution in [0.15, 0.2) is 48.7 Å². The van der Waals surface area contributed by atoms with Gasteiger partial charge in [0.1, 0.15) is 11.9 Å². The summed E-state index contributed by atoms with van der Waals surface area (Å²) in [6.45, 7) is 7.33. The highest BCUT2D eigenvalue weighted by Gasteiger charge is 2.41. The molecule has 4 unspecified atom stereocenters. The molecule has 30 heavy (non-hydrogen) atoms. The normalized spacial score (nSPS) is 29.4. The standard InChI is InChI=1S/C27H37NO2/c1-18(2)27-21(10-12-25(27)20-8-6-5-7-9-20)14-19(3)22-15-24(16-22)30-26-13-11-23(29-4)17-28-26/h5-9,11,13,17-19,21-22,24-25,27H,10,12,14-16H2,1-4H3. The summed E-state index contributed by atoms with van der Waals surface area (Å²) in [5, 5.41) is 0. The molecule has 3 heteroatoms. The Morgan fingerprint density at radius 2 is 1.77 bits per heavy atom. The minimum Gasteiger partial charge on any atom is -0.495 e. The summed E-state index contributed by atoms with van der Waals surface area (Å²) >= 11 is 0. The van der Waals surface area contributed by atoms with E-state index in [2.05, 4.69) is 56.1 Å². The van der Waals surface area contributed by atoms with Gasteiger partial charge in [-0.1, -0.05) is 51.1 Å². The van der Waals surface area contributed by atoms with Crippen molar-refractivity contribution in [1.82, 2.24) is 4.98 Å². The molecule has 2 aromatic rings. The third-order valence-electron chi connectivity index (χ3n) is 7.70. The van der Waals surface area contributed by atoms with Crippen LogP contribution in [0.2, 0.25) is 0 Å². The predicted molar refractivity (Wildman–Crippen MR) is 122 cm³/mol. The first-order chi connectivity index (χ1) is 14.5. The minimum absolute atomic E-state index is 0.319. The molecule has 3 nitrogen and oxygen atoms in total. The van der Waals surface area contributed by atoms with Gasteiger partial charge >= 0.3 is 0 Å². The number of aromatic nitrogens is 1. The summed E-state index contributed by atoms with van der Waals surface area (Å²) in [6, 6.07) is 15.0. The van der Waals surface area contributed by atoms with Crippen molar-refractivity contribution in [2.24, 2.45) is 29.6 Å². The van der Waals surface area contributed by atoms with Crippen molar-refractivity contribution in [2.75, 3.05) is 7.11 Å². The van der Waals surface area contributed by atoms with Crippen molar-refractivity contribution in [2.45, 2.75) is 64.9 Å². The summed E-state index contributed by atoms with van der Waals surface area (Å²) in [5.74, 6) is 6.20. The van der Waals surface area contributed by atoms with E-state index in [1.165, 1.54) is 19.3 Å². The SMILES string of the molecule is COc1ccc(OC2CC(C(C)CC3CCC(c4ccccc4)C3C(C)C)C2)nc1. The molecular weight excluding hydrogens is 370 g/mol. The molecule has 4 rings (SSSR count). The number of hydrogen-bond acceptors (Lipinski definition) is 3. The van der Waals surface area contributed by atoms with Gasteiger partial charge in [0.05, 0.1) is 13.3 Å². The molecule has 1 heterocycles. The molecule has 2 fully saturated rings. The third-order valence-corrected chi connectivity index (χ3v) is 7.70. The zero-order valence-corrected chi connectivity index (χ0v) is 19.0. The quantitative estimate of drug-likeness (QED) is 0.485. The van der Waals surface area contributed by atoms with Crippen LogP contribution >= 0.6 is 0 Å². The zero-order chi connectivity index (χ0) is 21.1. The molecule has 0 aliphatic heterocycles. The van der Waals surface area contributed by atoms with Crippen molar-refractivity contribution in [3.63, 3.8) is 0 Å². The maximum atomic E-state index is 6.07. The van der Waals surface area contributed by atoms with E-state index < -0.39 is 0 Å². The number of hydrogen-bond donors (Lipinski definition) is 0. The van der Waals surface area contributed by atoms with Crippen LogP contribution in [-0.2, 0) is 0 Å². The van der Waals surface area contributed by atoms with Gasteiger partial charge in [-0.25, -0.2) is 4.98 Å². The Bertz CT molecular complexity index is 782. The van der Waals surface area contributed by atoms with Gasteiger partial charge in [-0.2, -0.15) is 0 Å². The largest absolute Gasteiger partial charge is 0.495 e. The van der Waals surface area contributed by atoms with Crippen molar-refractivity contribution in [3.05, 3.63) is 54.2 Å². The minimum atomic E-state index is 0.319.